The standard InChI is InChI=1S/C26H34FNO6S/c1-2-33-26-21(10-13-31-15-16-32-14-12-29)22(24-4-3-17-35-24)18-23(34-26)25(30)28-11-9-19-5-7-20(27)8-6-19/h3-8,17-18,21-22,26,29H,2,9-16H2,1H3,(H,28,30)/t21-,22-,26+/m1/s1. The van der Waals surface area contributed by atoms with Gasteiger partial charge in [-0.15, -0.1) is 11.3 Å². The molecule has 0 bridgehead atoms. The van der Waals surface area contributed by atoms with Crippen LogP contribution in [0.1, 0.15) is 29.7 Å². The number of halogens is 1. The van der Waals surface area contributed by atoms with Crippen molar-refractivity contribution < 1.29 is 33.2 Å². The molecule has 1 aromatic heterocycles. The number of ether oxygens (including phenoxy) is 4. The molecule has 1 aliphatic heterocycles. The number of benzene rings is 1. The summed E-state index contributed by atoms with van der Waals surface area (Å²) in [6.07, 6.45) is 2.57. The van der Waals surface area contributed by atoms with Crippen molar-refractivity contribution in [1.29, 1.82) is 0 Å². The highest BCUT2D eigenvalue weighted by molar-refractivity contribution is 7.10. The van der Waals surface area contributed by atoms with E-state index in [0.717, 1.165) is 10.4 Å². The van der Waals surface area contributed by atoms with Crippen molar-refractivity contribution in [1.82, 2.24) is 5.32 Å². The summed E-state index contributed by atoms with van der Waals surface area (Å²) in [6.45, 7) is 4.41. The van der Waals surface area contributed by atoms with Gasteiger partial charge >= 0.3 is 0 Å². The second kappa shape index (κ2) is 15.0. The lowest BCUT2D eigenvalue weighted by atomic mass is 9.85. The third kappa shape index (κ3) is 8.70. The minimum absolute atomic E-state index is 0.00751. The molecule has 0 saturated carbocycles. The maximum absolute atomic E-state index is 13.1. The first-order valence-electron chi connectivity index (χ1n) is 11.9. The molecule has 1 aromatic carbocycles. The van der Waals surface area contributed by atoms with E-state index in [1.807, 2.05) is 24.4 Å². The number of hydrogen-bond donors (Lipinski definition) is 2. The average molecular weight is 508 g/mol. The smallest absolute Gasteiger partial charge is 0.286 e. The molecule has 1 aliphatic rings. The Hall–Kier alpha value is -2.30. The van der Waals surface area contributed by atoms with Crippen LogP contribution in [0.3, 0.4) is 0 Å². The molecule has 0 fully saturated rings. The molecule has 0 unspecified atom stereocenters. The largest absolute Gasteiger partial charge is 0.459 e. The summed E-state index contributed by atoms with van der Waals surface area (Å²) in [4.78, 5) is 14.1. The molecule has 2 N–H and O–H groups in total. The number of allylic oxidation sites excluding steroid dienone is 1. The summed E-state index contributed by atoms with van der Waals surface area (Å²) in [6, 6.07) is 10.3. The maximum atomic E-state index is 13.1. The SMILES string of the molecule is CCO[C@H]1OC(C(=O)NCCc2ccc(F)cc2)=C[C@@H](c2cccs2)[C@H]1CCOCCOCCO. The Morgan fingerprint density at radius 1 is 1.14 bits per heavy atom. The molecule has 2 heterocycles. The highest BCUT2D eigenvalue weighted by Crippen LogP contribution is 2.40. The third-order valence-corrected chi connectivity index (χ3v) is 6.60. The Kier molecular flexibility index (Phi) is 11.7. The predicted molar refractivity (Wildman–Crippen MR) is 132 cm³/mol. The van der Waals surface area contributed by atoms with Crippen molar-refractivity contribution in [2.45, 2.75) is 32.0 Å². The Balaban J connectivity index is 1.62. The van der Waals surface area contributed by atoms with Crippen molar-refractivity contribution in [2.75, 3.05) is 46.2 Å². The first kappa shape index (κ1) is 27.3. The van der Waals surface area contributed by atoms with Crippen LogP contribution >= 0.6 is 11.3 Å². The third-order valence-electron chi connectivity index (χ3n) is 5.63. The van der Waals surface area contributed by atoms with Gasteiger partial charge in [-0.05, 0) is 55.0 Å². The van der Waals surface area contributed by atoms with E-state index in [4.69, 9.17) is 24.1 Å². The van der Waals surface area contributed by atoms with Crippen LogP contribution in [0, 0.1) is 11.7 Å². The number of rotatable bonds is 15. The summed E-state index contributed by atoms with van der Waals surface area (Å²) >= 11 is 1.63. The molecule has 9 heteroatoms. The number of hydrogen-bond acceptors (Lipinski definition) is 7. The van der Waals surface area contributed by atoms with E-state index in [1.54, 1.807) is 23.5 Å². The molecule has 0 saturated heterocycles. The lowest BCUT2D eigenvalue weighted by Gasteiger charge is -2.36. The van der Waals surface area contributed by atoms with E-state index in [-0.39, 0.29) is 35.9 Å². The maximum Gasteiger partial charge on any atom is 0.286 e. The summed E-state index contributed by atoms with van der Waals surface area (Å²) in [5.74, 6) is -0.408. The molecule has 3 rings (SSSR count). The lowest BCUT2D eigenvalue weighted by Crippen LogP contribution is -2.39. The molecule has 0 aliphatic carbocycles. The fourth-order valence-electron chi connectivity index (χ4n) is 3.91. The summed E-state index contributed by atoms with van der Waals surface area (Å²) in [5.41, 5.74) is 0.940. The topological polar surface area (TPSA) is 86.3 Å². The van der Waals surface area contributed by atoms with Crippen LogP contribution in [-0.2, 0) is 30.2 Å². The first-order chi connectivity index (χ1) is 17.1. The predicted octanol–water partition coefficient (Wildman–Crippen LogP) is 3.64. The monoisotopic (exact) mass is 507 g/mol. The second-order valence-electron chi connectivity index (χ2n) is 8.05. The Morgan fingerprint density at radius 2 is 1.91 bits per heavy atom. The number of carbonyl (C=O) groups is 1. The number of aliphatic hydroxyl groups excluding tert-OH is 1. The van der Waals surface area contributed by atoms with E-state index in [2.05, 4.69) is 11.4 Å². The zero-order valence-corrected chi connectivity index (χ0v) is 20.8. The second-order valence-corrected chi connectivity index (χ2v) is 9.03. The van der Waals surface area contributed by atoms with Crippen LogP contribution in [0.2, 0.25) is 0 Å². The average Bonchev–Trinajstić information content (AvgIpc) is 3.40. The molecule has 192 valence electrons. The Labute approximate surface area is 209 Å². The van der Waals surface area contributed by atoms with Gasteiger partial charge in [-0.1, -0.05) is 18.2 Å². The van der Waals surface area contributed by atoms with Crippen molar-refractivity contribution in [3.63, 3.8) is 0 Å². The van der Waals surface area contributed by atoms with Crippen LogP contribution in [0.15, 0.2) is 53.6 Å². The van der Waals surface area contributed by atoms with Gasteiger partial charge in [0.2, 0.25) is 6.29 Å². The first-order valence-corrected chi connectivity index (χ1v) is 12.8. The molecule has 1 amide bonds. The quantitative estimate of drug-likeness (QED) is 0.358. The van der Waals surface area contributed by atoms with E-state index in [1.165, 1.54) is 12.1 Å². The van der Waals surface area contributed by atoms with Crippen molar-refractivity contribution >= 4 is 17.2 Å². The zero-order valence-electron chi connectivity index (χ0n) is 20.0. The Morgan fingerprint density at radius 3 is 2.60 bits per heavy atom. The van der Waals surface area contributed by atoms with Crippen LogP contribution in [0.4, 0.5) is 4.39 Å². The molecular formula is C26H34FNO6S. The van der Waals surface area contributed by atoms with E-state index >= 15 is 0 Å². The molecule has 0 spiro atoms. The fourth-order valence-corrected chi connectivity index (χ4v) is 4.78. The number of nitrogens with one attached hydrogen (secondary N) is 1. The summed E-state index contributed by atoms with van der Waals surface area (Å²) in [5, 5.41) is 13.7. The summed E-state index contributed by atoms with van der Waals surface area (Å²) in [7, 11) is 0. The van der Waals surface area contributed by atoms with Gasteiger partial charge in [-0.25, -0.2) is 4.39 Å². The van der Waals surface area contributed by atoms with Crippen molar-refractivity contribution in [3.05, 3.63) is 69.9 Å². The van der Waals surface area contributed by atoms with Gasteiger partial charge in [0.05, 0.1) is 26.4 Å². The van der Waals surface area contributed by atoms with Crippen LogP contribution in [0.25, 0.3) is 0 Å². The van der Waals surface area contributed by atoms with Gasteiger partial charge in [-0.3, -0.25) is 4.79 Å². The zero-order chi connectivity index (χ0) is 24.9. The minimum atomic E-state index is -0.579. The molecular weight excluding hydrogens is 473 g/mol. The van der Waals surface area contributed by atoms with Gasteiger partial charge in [0, 0.05) is 36.5 Å². The molecule has 0 radical (unpaired) electrons. The van der Waals surface area contributed by atoms with Gasteiger partial charge in [-0.2, -0.15) is 0 Å². The highest BCUT2D eigenvalue weighted by atomic mass is 32.1. The van der Waals surface area contributed by atoms with E-state index < -0.39 is 6.29 Å². The van der Waals surface area contributed by atoms with Crippen molar-refractivity contribution in [2.24, 2.45) is 5.92 Å². The fraction of sp³-hybridized carbons (Fsp3) is 0.500. The number of thiophene rings is 1. The molecule has 3 atom stereocenters. The lowest BCUT2D eigenvalue weighted by molar-refractivity contribution is -0.168. The van der Waals surface area contributed by atoms with E-state index in [9.17, 15) is 9.18 Å². The number of amides is 1. The van der Waals surface area contributed by atoms with Gasteiger partial charge < -0.3 is 29.4 Å². The minimum Gasteiger partial charge on any atom is -0.459 e. The van der Waals surface area contributed by atoms with Gasteiger partial charge in [0.25, 0.3) is 5.91 Å². The van der Waals surface area contributed by atoms with Crippen LogP contribution in [-0.4, -0.2) is 63.5 Å². The molecule has 35 heavy (non-hydrogen) atoms. The number of aliphatic hydroxyl groups is 1. The molecule has 7 nitrogen and oxygen atoms in total. The normalized spacial score (nSPS) is 19.7. The number of carbonyl (C=O) groups excluding carboxylic acids is 1. The van der Waals surface area contributed by atoms with Crippen LogP contribution < -0.4 is 5.32 Å². The Bertz CT molecular complexity index is 905. The van der Waals surface area contributed by atoms with Gasteiger partial charge in [0.15, 0.2) is 5.76 Å². The van der Waals surface area contributed by atoms with Crippen molar-refractivity contribution in [3.8, 4) is 0 Å². The van der Waals surface area contributed by atoms with Crippen LogP contribution in [0.5, 0.6) is 0 Å². The van der Waals surface area contributed by atoms with Gasteiger partial charge in [0.1, 0.15) is 5.82 Å². The summed E-state index contributed by atoms with van der Waals surface area (Å²) < 4.78 is 36.0. The highest BCUT2D eigenvalue weighted by Gasteiger charge is 2.38. The molecule has 2 aromatic rings. The van der Waals surface area contributed by atoms with E-state index in [0.29, 0.717) is 52.4 Å².